The van der Waals surface area contributed by atoms with Crippen LogP contribution in [0, 0.1) is 0 Å². The summed E-state index contributed by atoms with van der Waals surface area (Å²) in [5.41, 5.74) is 0.432. The quantitative estimate of drug-likeness (QED) is 0.618. The van der Waals surface area contributed by atoms with Crippen molar-refractivity contribution in [2.75, 3.05) is 4.90 Å². The standard InChI is InChI=1S/C10H7BrN2O3/c11-7-8(14)12-10(16)13(9(7)15)6-4-2-1-3-5-6/h1-5,7H,(H,12,14,16). The topological polar surface area (TPSA) is 66.5 Å². The number of carbonyl (C=O) groups is 3. The lowest BCUT2D eigenvalue weighted by Crippen LogP contribution is -2.58. The van der Waals surface area contributed by atoms with Gasteiger partial charge in [0.2, 0.25) is 0 Å². The van der Waals surface area contributed by atoms with Crippen LogP contribution in [0.15, 0.2) is 30.3 Å². The maximum Gasteiger partial charge on any atom is 0.335 e. The van der Waals surface area contributed by atoms with E-state index in [4.69, 9.17) is 0 Å². The third kappa shape index (κ3) is 1.71. The largest absolute Gasteiger partial charge is 0.335 e. The average Bonchev–Trinajstić information content (AvgIpc) is 2.28. The van der Waals surface area contributed by atoms with Crippen molar-refractivity contribution in [1.82, 2.24) is 5.32 Å². The van der Waals surface area contributed by atoms with Gasteiger partial charge in [0.1, 0.15) is 0 Å². The number of imide groups is 2. The van der Waals surface area contributed by atoms with Crippen molar-refractivity contribution in [3.63, 3.8) is 0 Å². The fourth-order valence-electron chi connectivity index (χ4n) is 1.37. The van der Waals surface area contributed by atoms with Crippen molar-refractivity contribution >= 4 is 39.5 Å². The van der Waals surface area contributed by atoms with Gasteiger partial charge in [-0.15, -0.1) is 0 Å². The van der Waals surface area contributed by atoms with Crippen LogP contribution in [0.3, 0.4) is 0 Å². The van der Waals surface area contributed by atoms with E-state index in [9.17, 15) is 14.4 Å². The fraction of sp³-hybridized carbons (Fsp3) is 0.100. The Kier molecular flexibility index (Phi) is 2.74. The Balaban J connectivity index is 2.38. The Hall–Kier alpha value is -1.69. The van der Waals surface area contributed by atoms with E-state index in [1.54, 1.807) is 30.3 Å². The van der Waals surface area contributed by atoms with Gasteiger partial charge in [-0.3, -0.25) is 14.9 Å². The lowest BCUT2D eigenvalue weighted by Gasteiger charge is -2.27. The number of anilines is 1. The zero-order valence-corrected chi connectivity index (χ0v) is 9.60. The zero-order chi connectivity index (χ0) is 11.7. The van der Waals surface area contributed by atoms with Crippen LogP contribution >= 0.6 is 15.9 Å². The molecule has 0 aromatic heterocycles. The second-order valence-electron chi connectivity index (χ2n) is 3.17. The van der Waals surface area contributed by atoms with Gasteiger partial charge in [-0.05, 0) is 12.1 Å². The van der Waals surface area contributed by atoms with Gasteiger partial charge in [0, 0.05) is 0 Å². The number of nitrogens with zero attached hydrogens (tertiary/aromatic N) is 1. The summed E-state index contributed by atoms with van der Waals surface area (Å²) in [6.45, 7) is 0. The van der Waals surface area contributed by atoms with Gasteiger partial charge >= 0.3 is 6.03 Å². The molecule has 1 aromatic rings. The van der Waals surface area contributed by atoms with Crippen LogP contribution in [0.25, 0.3) is 0 Å². The number of urea groups is 1. The molecule has 1 atom stereocenters. The number of halogens is 1. The van der Waals surface area contributed by atoms with Crippen molar-refractivity contribution < 1.29 is 14.4 Å². The molecular weight excluding hydrogens is 276 g/mol. The first kappa shape index (κ1) is 10.8. The van der Waals surface area contributed by atoms with Crippen LogP contribution < -0.4 is 10.2 Å². The molecule has 1 saturated heterocycles. The van der Waals surface area contributed by atoms with Crippen LogP contribution in [0.5, 0.6) is 0 Å². The van der Waals surface area contributed by atoms with E-state index in [0.717, 1.165) is 4.90 Å². The van der Waals surface area contributed by atoms with E-state index in [1.807, 2.05) is 0 Å². The molecule has 1 aromatic carbocycles. The second-order valence-corrected chi connectivity index (χ2v) is 4.08. The molecule has 0 bridgehead atoms. The Labute approximate surface area is 99.5 Å². The minimum Gasteiger partial charge on any atom is -0.276 e. The molecular formula is C10H7BrN2O3. The molecule has 16 heavy (non-hydrogen) atoms. The first-order chi connectivity index (χ1) is 7.61. The number of nitrogens with one attached hydrogen (secondary N) is 1. The number of hydrogen-bond acceptors (Lipinski definition) is 3. The molecule has 2 rings (SSSR count). The molecule has 1 unspecified atom stereocenters. The van der Waals surface area contributed by atoms with Crippen molar-refractivity contribution in [3.8, 4) is 0 Å². The molecule has 1 aliphatic heterocycles. The smallest absolute Gasteiger partial charge is 0.276 e. The Morgan fingerprint density at radius 2 is 1.75 bits per heavy atom. The van der Waals surface area contributed by atoms with Gasteiger partial charge in [-0.25, -0.2) is 9.69 Å². The molecule has 4 amide bonds. The first-order valence-electron chi connectivity index (χ1n) is 4.49. The molecule has 1 fully saturated rings. The fourth-order valence-corrected chi connectivity index (χ4v) is 1.69. The van der Waals surface area contributed by atoms with Crippen molar-refractivity contribution in [2.45, 2.75) is 4.83 Å². The lowest BCUT2D eigenvalue weighted by molar-refractivity contribution is -0.127. The summed E-state index contributed by atoms with van der Waals surface area (Å²) in [4.78, 5) is 34.3. The minimum atomic E-state index is -1.02. The molecule has 0 radical (unpaired) electrons. The molecule has 0 spiro atoms. The number of amides is 4. The lowest BCUT2D eigenvalue weighted by atomic mass is 10.2. The molecule has 6 heteroatoms. The Morgan fingerprint density at radius 3 is 2.38 bits per heavy atom. The Bertz CT molecular complexity index is 460. The maximum atomic E-state index is 11.7. The molecule has 0 saturated carbocycles. The van der Waals surface area contributed by atoms with Crippen LogP contribution in [-0.4, -0.2) is 22.7 Å². The number of para-hydroxylation sites is 1. The van der Waals surface area contributed by atoms with Gasteiger partial charge < -0.3 is 0 Å². The van der Waals surface area contributed by atoms with Crippen LogP contribution in [-0.2, 0) is 9.59 Å². The van der Waals surface area contributed by atoms with Gasteiger partial charge in [0.15, 0.2) is 4.83 Å². The molecule has 1 N–H and O–H groups in total. The number of hydrogen-bond donors (Lipinski definition) is 1. The predicted octanol–water partition coefficient (Wildman–Crippen LogP) is 1.03. The van der Waals surface area contributed by atoms with E-state index < -0.39 is 22.7 Å². The summed E-state index contributed by atoms with van der Waals surface area (Å²) in [7, 11) is 0. The number of rotatable bonds is 1. The van der Waals surface area contributed by atoms with Gasteiger partial charge in [-0.1, -0.05) is 34.1 Å². The molecule has 5 nitrogen and oxygen atoms in total. The summed E-state index contributed by atoms with van der Waals surface area (Å²) in [5.74, 6) is -1.22. The third-order valence-corrected chi connectivity index (χ3v) is 2.92. The van der Waals surface area contributed by atoms with Gasteiger partial charge in [0.05, 0.1) is 5.69 Å². The highest BCUT2D eigenvalue weighted by molar-refractivity contribution is 9.10. The average molecular weight is 283 g/mol. The zero-order valence-electron chi connectivity index (χ0n) is 8.01. The summed E-state index contributed by atoms with van der Waals surface area (Å²) in [5, 5.41) is 2.09. The number of carbonyl (C=O) groups excluding carboxylic acids is 3. The second kappa shape index (κ2) is 4.05. The third-order valence-electron chi connectivity index (χ3n) is 2.12. The summed E-state index contributed by atoms with van der Waals surface area (Å²) >= 11 is 2.93. The highest BCUT2D eigenvalue weighted by atomic mass is 79.9. The molecule has 0 aliphatic carbocycles. The van der Waals surface area contributed by atoms with Crippen molar-refractivity contribution in [3.05, 3.63) is 30.3 Å². The van der Waals surface area contributed by atoms with Crippen LogP contribution in [0.4, 0.5) is 10.5 Å². The SMILES string of the molecule is O=C1NC(=O)N(c2ccccc2)C(=O)C1Br. The van der Waals surface area contributed by atoms with Gasteiger partial charge in [0.25, 0.3) is 11.8 Å². The number of barbiturate groups is 1. The highest BCUT2D eigenvalue weighted by Gasteiger charge is 2.39. The maximum absolute atomic E-state index is 11.7. The van der Waals surface area contributed by atoms with Crippen molar-refractivity contribution in [1.29, 1.82) is 0 Å². The van der Waals surface area contributed by atoms with Crippen molar-refractivity contribution in [2.24, 2.45) is 0 Å². The van der Waals surface area contributed by atoms with E-state index in [1.165, 1.54) is 0 Å². The Morgan fingerprint density at radius 1 is 1.12 bits per heavy atom. The van der Waals surface area contributed by atoms with E-state index in [2.05, 4.69) is 21.2 Å². The highest BCUT2D eigenvalue weighted by Crippen LogP contribution is 2.20. The van der Waals surface area contributed by atoms with E-state index in [0.29, 0.717) is 5.69 Å². The molecule has 1 heterocycles. The summed E-state index contributed by atoms with van der Waals surface area (Å²) in [6.07, 6.45) is 0. The van der Waals surface area contributed by atoms with Crippen LogP contribution in [0.1, 0.15) is 0 Å². The summed E-state index contributed by atoms with van der Waals surface area (Å²) in [6, 6.07) is 7.69. The monoisotopic (exact) mass is 282 g/mol. The molecule has 82 valence electrons. The first-order valence-corrected chi connectivity index (χ1v) is 5.41. The predicted molar refractivity (Wildman–Crippen MR) is 60.2 cm³/mol. The molecule has 1 aliphatic rings. The van der Waals surface area contributed by atoms with Gasteiger partial charge in [-0.2, -0.15) is 0 Å². The minimum absolute atomic E-state index is 0.432. The van der Waals surface area contributed by atoms with E-state index in [-0.39, 0.29) is 0 Å². The number of benzene rings is 1. The number of alkyl halides is 1. The summed E-state index contributed by atoms with van der Waals surface area (Å²) < 4.78 is 0. The van der Waals surface area contributed by atoms with E-state index >= 15 is 0 Å². The normalized spacial score (nSPS) is 20.9. The van der Waals surface area contributed by atoms with Crippen LogP contribution in [0.2, 0.25) is 0 Å².